The molecule has 0 radical (unpaired) electrons. The van der Waals surface area contributed by atoms with E-state index < -0.39 is 11.0 Å². The van der Waals surface area contributed by atoms with Crippen LogP contribution in [0.3, 0.4) is 0 Å². The van der Waals surface area contributed by atoms with Crippen molar-refractivity contribution in [3.8, 4) is 0 Å². The number of imidazole rings is 1. The summed E-state index contributed by atoms with van der Waals surface area (Å²) < 4.78 is 1.46. The van der Waals surface area contributed by atoms with Gasteiger partial charge in [-0.25, -0.2) is 9.55 Å². The molecule has 2 aromatic carbocycles. The zero-order chi connectivity index (χ0) is 20.3. The van der Waals surface area contributed by atoms with Gasteiger partial charge < -0.3 is 15.2 Å². The molecule has 0 saturated carbocycles. The van der Waals surface area contributed by atoms with Gasteiger partial charge in [0.05, 0.1) is 13.2 Å². The highest BCUT2D eigenvalue weighted by Crippen LogP contribution is 2.23. The Hall–Kier alpha value is -2.96. The molecule has 1 N–H and O–H groups in total. The average molecular weight is 398 g/mol. The van der Waals surface area contributed by atoms with Gasteiger partial charge >= 0.3 is 5.82 Å². The Morgan fingerprint density at radius 2 is 1.82 bits per heavy atom. The molecule has 144 valence electrons. The lowest BCUT2D eigenvalue weighted by Gasteiger charge is -2.11. The Balaban J connectivity index is 1.71. The minimum atomic E-state index is -0.613. The predicted molar refractivity (Wildman–Crippen MR) is 110 cm³/mol. The van der Waals surface area contributed by atoms with Gasteiger partial charge in [0.15, 0.2) is 11.5 Å². The number of hydrogen-bond acceptors (Lipinski definition) is 4. The fraction of sp³-hybridized carbons (Fsp3) is 0.190. The first kappa shape index (κ1) is 19.8. The zero-order valence-corrected chi connectivity index (χ0v) is 16.3. The second-order valence-corrected chi connectivity index (χ2v) is 6.97. The Morgan fingerprint density at radius 1 is 1.18 bits per heavy atom. The number of aryl methyl sites for hydroxylation is 1. The van der Waals surface area contributed by atoms with Crippen LogP contribution >= 0.6 is 11.6 Å². The summed E-state index contributed by atoms with van der Waals surface area (Å²) in [7, 11) is 1.62. The van der Waals surface area contributed by atoms with Crippen molar-refractivity contribution in [2.75, 3.05) is 0 Å². The highest BCUT2D eigenvalue weighted by molar-refractivity contribution is 6.30. The van der Waals surface area contributed by atoms with E-state index in [1.165, 1.54) is 4.57 Å². The average Bonchev–Trinajstić information content (AvgIpc) is 2.95. The molecule has 0 fully saturated rings. The minimum absolute atomic E-state index is 0.0311. The second kappa shape index (κ2) is 8.37. The molecule has 0 aliphatic heterocycles. The molecular weight excluding hydrogens is 378 g/mol. The van der Waals surface area contributed by atoms with Crippen molar-refractivity contribution in [1.82, 2.24) is 9.55 Å². The lowest BCUT2D eigenvalue weighted by molar-refractivity contribution is -0.392. The number of aliphatic hydroxyl groups is 1. The van der Waals surface area contributed by atoms with E-state index in [4.69, 9.17) is 11.6 Å². The van der Waals surface area contributed by atoms with Crippen LogP contribution < -0.4 is 0 Å². The number of benzene rings is 2. The molecule has 0 amide bonds. The van der Waals surface area contributed by atoms with E-state index in [-0.39, 0.29) is 5.82 Å². The summed E-state index contributed by atoms with van der Waals surface area (Å²) in [6, 6.07) is 14.8. The van der Waals surface area contributed by atoms with Crippen molar-refractivity contribution < 1.29 is 10.0 Å². The van der Waals surface area contributed by atoms with Crippen molar-refractivity contribution in [1.29, 1.82) is 0 Å². The molecule has 1 aromatic heterocycles. The monoisotopic (exact) mass is 397 g/mol. The van der Waals surface area contributed by atoms with Crippen LogP contribution in [-0.2, 0) is 13.5 Å². The Kier molecular flexibility index (Phi) is 5.92. The van der Waals surface area contributed by atoms with Crippen LogP contribution in [0.15, 0.2) is 48.5 Å². The van der Waals surface area contributed by atoms with Gasteiger partial charge in [0.1, 0.15) is 0 Å². The quantitative estimate of drug-likeness (QED) is 0.481. The molecule has 1 heterocycles. The van der Waals surface area contributed by atoms with Gasteiger partial charge in [0.2, 0.25) is 0 Å². The van der Waals surface area contributed by atoms with Gasteiger partial charge in [-0.05, 0) is 39.8 Å². The van der Waals surface area contributed by atoms with Gasteiger partial charge in [-0.2, -0.15) is 0 Å². The molecule has 1 unspecified atom stereocenters. The number of halogens is 1. The minimum Gasteiger partial charge on any atom is -0.388 e. The molecule has 0 saturated heterocycles. The van der Waals surface area contributed by atoms with E-state index >= 15 is 0 Å². The lowest BCUT2D eigenvalue weighted by atomic mass is 10.0. The molecule has 0 bridgehead atoms. The van der Waals surface area contributed by atoms with E-state index in [0.717, 1.165) is 16.7 Å². The number of nitrogens with zero attached hydrogens (tertiary/aromatic N) is 3. The maximum Gasteiger partial charge on any atom is 0.350 e. The third kappa shape index (κ3) is 4.47. The molecule has 28 heavy (non-hydrogen) atoms. The summed E-state index contributed by atoms with van der Waals surface area (Å²) >= 11 is 5.87. The van der Waals surface area contributed by atoms with E-state index in [1.54, 1.807) is 38.3 Å². The summed E-state index contributed by atoms with van der Waals surface area (Å²) in [5.41, 5.74) is 3.01. The van der Waals surface area contributed by atoms with Gasteiger partial charge in [0.25, 0.3) is 0 Å². The first-order valence-corrected chi connectivity index (χ1v) is 9.11. The molecule has 3 aromatic rings. The fourth-order valence-corrected chi connectivity index (χ4v) is 3.04. The largest absolute Gasteiger partial charge is 0.388 e. The highest BCUT2D eigenvalue weighted by Gasteiger charge is 2.20. The van der Waals surface area contributed by atoms with Crippen LogP contribution in [0.4, 0.5) is 5.82 Å². The van der Waals surface area contributed by atoms with Gasteiger partial charge in [0, 0.05) is 18.4 Å². The number of hydrogen-bond donors (Lipinski definition) is 1. The summed E-state index contributed by atoms with van der Waals surface area (Å²) in [6.07, 6.45) is 3.30. The van der Waals surface area contributed by atoms with Crippen LogP contribution in [0, 0.1) is 17.0 Å². The Labute approximate surface area is 167 Å². The van der Waals surface area contributed by atoms with Gasteiger partial charge in [-0.3, -0.25) is 0 Å². The molecule has 7 heteroatoms. The van der Waals surface area contributed by atoms with Crippen molar-refractivity contribution >= 4 is 29.6 Å². The van der Waals surface area contributed by atoms with E-state index in [9.17, 15) is 15.2 Å². The topological polar surface area (TPSA) is 81.2 Å². The maximum absolute atomic E-state index is 11.2. The highest BCUT2D eigenvalue weighted by atomic mass is 35.5. The molecule has 0 aliphatic rings. The van der Waals surface area contributed by atoms with E-state index in [2.05, 4.69) is 4.98 Å². The Bertz CT molecular complexity index is 1010. The maximum atomic E-state index is 11.2. The summed E-state index contributed by atoms with van der Waals surface area (Å²) in [6.45, 7) is 1.73. The van der Waals surface area contributed by atoms with Crippen molar-refractivity contribution in [2.24, 2.45) is 7.05 Å². The van der Waals surface area contributed by atoms with Crippen LogP contribution in [-0.4, -0.2) is 19.6 Å². The van der Waals surface area contributed by atoms with Crippen molar-refractivity contribution in [3.63, 3.8) is 0 Å². The van der Waals surface area contributed by atoms with Crippen molar-refractivity contribution in [2.45, 2.75) is 19.4 Å². The lowest BCUT2D eigenvalue weighted by Crippen LogP contribution is -2.01. The normalized spacial score (nSPS) is 12.4. The second-order valence-electron chi connectivity index (χ2n) is 6.53. The van der Waals surface area contributed by atoms with E-state index in [0.29, 0.717) is 23.0 Å². The zero-order valence-electron chi connectivity index (χ0n) is 15.5. The molecular formula is C21H20ClN3O3. The van der Waals surface area contributed by atoms with Crippen LogP contribution in [0.5, 0.6) is 0 Å². The molecule has 0 spiro atoms. The molecule has 3 rings (SSSR count). The fourth-order valence-electron chi connectivity index (χ4n) is 2.92. The number of nitro groups is 1. The molecule has 1 atom stereocenters. The number of aliphatic hydroxyl groups excluding tert-OH is 1. The number of aromatic nitrogens is 2. The first-order valence-electron chi connectivity index (χ1n) is 8.73. The van der Waals surface area contributed by atoms with Crippen LogP contribution in [0.2, 0.25) is 5.02 Å². The number of rotatable bonds is 6. The van der Waals surface area contributed by atoms with Crippen LogP contribution in [0.25, 0.3) is 12.2 Å². The summed E-state index contributed by atoms with van der Waals surface area (Å²) in [4.78, 5) is 15.0. The Morgan fingerprint density at radius 3 is 2.43 bits per heavy atom. The van der Waals surface area contributed by atoms with Crippen molar-refractivity contribution in [3.05, 3.63) is 91.9 Å². The van der Waals surface area contributed by atoms with Crippen LogP contribution in [0.1, 0.15) is 34.3 Å². The third-order valence-corrected chi connectivity index (χ3v) is 4.84. The standard InChI is InChI=1S/C21H20ClN3O3/c1-14-23-19(21(24(14)2)25(27)28)12-7-15-3-5-16(6-4-15)13-20(26)17-8-10-18(22)11-9-17/h3-12,20,26H,13H2,1-2H3/b12-7+. The predicted octanol–water partition coefficient (Wildman–Crippen LogP) is 4.74. The summed E-state index contributed by atoms with van der Waals surface area (Å²) in [5, 5.41) is 22.2. The SMILES string of the molecule is Cc1nc(/C=C/c2ccc(CC(O)c3ccc(Cl)cc3)cc2)c([N+](=O)[O-])n1C. The smallest absolute Gasteiger partial charge is 0.350 e. The third-order valence-electron chi connectivity index (χ3n) is 4.58. The first-order chi connectivity index (χ1) is 13.3. The van der Waals surface area contributed by atoms with Gasteiger partial charge in [-0.15, -0.1) is 0 Å². The molecule has 6 nitrogen and oxygen atoms in total. The van der Waals surface area contributed by atoms with Gasteiger partial charge in [-0.1, -0.05) is 54.1 Å². The summed E-state index contributed by atoms with van der Waals surface area (Å²) in [5.74, 6) is 0.550. The van der Waals surface area contributed by atoms with E-state index in [1.807, 2.05) is 36.4 Å². The molecule has 0 aliphatic carbocycles.